The lowest BCUT2D eigenvalue weighted by atomic mass is 9.92. The molecule has 0 spiro atoms. The lowest BCUT2D eigenvalue weighted by Gasteiger charge is -2.26. The number of rotatable bonds is 5. The molecule has 1 N–H and O–H groups in total. The summed E-state index contributed by atoms with van der Waals surface area (Å²) < 4.78 is 7.16. The van der Waals surface area contributed by atoms with Gasteiger partial charge in [0.25, 0.3) is 5.56 Å². The Balaban J connectivity index is 1.44. The highest BCUT2D eigenvalue weighted by Gasteiger charge is 2.27. The van der Waals surface area contributed by atoms with Gasteiger partial charge in [-0.3, -0.25) is 9.36 Å². The third kappa shape index (κ3) is 3.60. The highest BCUT2D eigenvalue weighted by molar-refractivity contribution is 7.18. The van der Waals surface area contributed by atoms with Gasteiger partial charge in [0, 0.05) is 22.5 Å². The maximum Gasteiger partial charge on any atom is 0.262 e. The number of para-hydroxylation sites is 1. The number of aromatic nitrogens is 2. The molecule has 0 bridgehead atoms. The fourth-order valence-corrected chi connectivity index (χ4v) is 6.16. The first-order valence-electron chi connectivity index (χ1n) is 10.6. The molecule has 0 saturated heterocycles. The molecule has 5 nitrogen and oxygen atoms in total. The molecule has 1 saturated carbocycles. The number of hydrogen-bond donors (Lipinski definition) is 1. The quantitative estimate of drug-likeness (QED) is 0.694. The smallest absolute Gasteiger partial charge is 0.262 e. The van der Waals surface area contributed by atoms with Crippen molar-refractivity contribution in [3.63, 3.8) is 0 Å². The van der Waals surface area contributed by atoms with Crippen molar-refractivity contribution in [2.75, 3.05) is 7.11 Å². The molecule has 2 aromatic heterocycles. The number of nitrogens with one attached hydrogen (secondary N) is 1. The summed E-state index contributed by atoms with van der Waals surface area (Å²) >= 11 is 1.71. The van der Waals surface area contributed by atoms with E-state index < -0.39 is 0 Å². The molecule has 1 unspecified atom stereocenters. The first-order valence-corrected chi connectivity index (χ1v) is 11.4. The highest BCUT2D eigenvalue weighted by Crippen LogP contribution is 2.34. The molecule has 1 fully saturated rings. The molecule has 2 aliphatic carbocycles. The van der Waals surface area contributed by atoms with E-state index in [1.807, 2.05) is 24.3 Å². The van der Waals surface area contributed by atoms with Gasteiger partial charge in [-0.05, 0) is 43.7 Å². The van der Waals surface area contributed by atoms with Gasteiger partial charge in [0.05, 0.1) is 25.4 Å². The second-order valence-electron chi connectivity index (χ2n) is 8.26. The molecule has 3 aromatic rings. The predicted molar refractivity (Wildman–Crippen MR) is 117 cm³/mol. The zero-order valence-corrected chi connectivity index (χ0v) is 17.6. The van der Waals surface area contributed by atoms with Crippen LogP contribution in [0.3, 0.4) is 0 Å². The predicted octanol–water partition coefficient (Wildman–Crippen LogP) is 3.90. The van der Waals surface area contributed by atoms with Gasteiger partial charge in [-0.25, -0.2) is 4.98 Å². The van der Waals surface area contributed by atoms with Crippen LogP contribution in [0.4, 0.5) is 0 Å². The molecule has 2 heterocycles. The van der Waals surface area contributed by atoms with Gasteiger partial charge in [0.15, 0.2) is 0 Å². The summed E-state index contributed by atoms with van der Waals surface area (Å²) in [6.45, 7) is 0.474. The fraction of sp³-hybridized carbons (Fsp3) is 0.478. The van der Waals surface area contributed by atoms with Crippen LogP contribution in [0.1, 0.15) is 48.1 Å². The van der Waals surface area contributed by atoms with Gasteiger partial charge in [-0.2, -0.15) is 0 Å². The molecule has 0 radical (unpaired) electrons. The van der Waals surface area contributed by atoms with Crippen molar-refractivity contribution in [2.24, 2.45) is 0 Å². The molecule has 1 atom stereocenters. The summed E-state index contributed by atoms with van der Waals surface area (Å²) in [5.41, 5.74) is 2.30. The van der Waals surface area contributed by atoms with E-state index in [1.165, 1.54) is 36.1 Å². The van der Waals surface area contributed by atoms with Gasteiger partial charge >= 0.3 is 0 Å². The molecule has 1 aromatic carbocycles. The summed E-state index contributed by atoms with van der Waals surface area (Å²) in [5.74, 6) is 0.799. The average molecular weight is 410 g/mol. The largest absolute Gasteiger partial charge is 0.496 e. The van der Waals surface area contributed by atoms with E-state index in [-0.39, 0.29) is 5.56 Å². The van der Waals surface area contributed by atoms with E-state index in [0.717, 1.165) is 40.8 Å². The van der Waals surface area contributed by atoms with E-state index in [0.29, 0.717) is 18.6 Å². The lowest BCUT2D eigenvalue weighted by Crippen LogP contribution is -2.40. The minimum atomic E-state index is 0.0700. The summed E-state index contributed by atoms with van der Waals surface area (Å²) in [7, 11) is 1.66. The van der Waals surface area contributed by atoms with Crippen LogP contribution in [-0.4, -0.2) is 28.7 Å². The van der Waals surface area contributed by atoms with Crippen molar-refractivity contribution in [3.8, 4) is 5.75 Å². The third-order valence-corrected chi connectivity index (χ3v) is 7.56. The monoisotopic (exact) mass is 409 g/mol. The molecule has 0 amide bonds. The minimum Gasteiger partial charge on any atom is -0.496 e. The minimum absolute atomic E-state index is 0.0700. The van der Waals surface area contributed by atoms with Crippen LogP contribution < -0.4 is 15.6 Å². The Morgan fingerprint density at radius 3 is 2.86 bits per heavy atom. The number of benzene rings is 1. The first kappa shape index (κ1) is 18.8. The van der Waals surface area contributed by atoms with Gasteiger partial charge in [0.2, 0.25) is 0 Å². The second-order valence-corrected chi connectivity index (χ2v) is 9.34. The molecule has 2 aliphatic rings. The van der Waals surface area contributed by atoms with Crippen molar-refractivity contribution < 1.29 is 4.74 Å². The Kier molecular flexibility index (Phi) is 5.14. The number of nitrogens with zero attached hydrogens (tertiary/aromatic N) is 2. The summed E-state index contributed by atoms with van der Waals surface area (Å²) in [5, 5.41) is 4.70. The van der Waals surface area contributed by atoms with E-state index in [4.69, 9.17) is 4.74 Å². The van der Waals surface area contributed by atoms with Gasteiger partial charge < -0.3 is 10.1 Å². The van der Waals surface area contributed by atoms with Crippen LogP contribution in [-0.2, 0) is 19.4 Å². The van der Waals surface area contributed by atoms with Crippen molar-refractivity contribution in [2.45, 2.75) is 63.6 Å². The number of thiophene rings is 1. The molecule has 5 rings (SSSR count). The molecular formula is C23H27N3O2S. The van der Waals surface area contributed by atoms with Gasteiger partial charge in [-0.1, -0.05) is 31.0 Å². The van der Waals surface area contributed by atoms with Crippen LogP contribution in [0, 0.1) is 0 Å². The number of ether oxygens (including phenoxy) is 1. The maximum absolute atomic E-state index is 13.3. The Bertz CT molecular complexity index is 1080. The van der Waals surface area contributed by atoms with Crippen molar-refractivity contribution in [1.29, 1.82) is 0 Å². The van der Waals surface area contributed by atoms with Crippen molar-refractivity contribution in [3.05, 3.63) is 57.0 Å². The molecule has 0 aliphatic heterocycles. The Labute approximate surface area is 174 Å². The Hall–Kier alpha value is -2.18. The topological polar surface area (TPSA) is 56.2 Å². The summed E-state index contributed by atoms with van der Waals surface area (Å²) in [4.78, 5) is 20.2. The highest BCUT2D eigenvalue weighted by atomic mass is 32.1. The molecular weight excluding hydrogens is 382 g/mol. The molecule has 29 heavy (non-hydrogen) atoms. The zero-order chi connectivity index (χ0) is 19.8. The third-order valence-electron chi connectivity index (χ3n) is 6.40. The van der Waals surface area contributed by atoms with Gasteiger partial charge in [-0.15, -0.1) is 11.3 Å². The zero-order valence-electron chi connectivity index (χ0n) is 16.8. The SMILES string of the molecule is COc1ccccc1Cn1cnc2sc3c(c2c1=O)CCC(NC1CCCC1)C3. The number of methoxy groups -OCH3 is 1. The van der Waals surface area contributed by atoms with Crippen LogP contribution in [0.5, 0.6) is 5.75 Å². The van der Waals surface area contributed by atoms with E-state index >= 15 is 0 Å². The van der Waals surface area contributed by atoms with Crippen LogP contribution >= 0.6 is 11.3 Å². The standard InChI is InChI=1S/C23H27N3O2S/c1-28-19-9-5-2-6-15(19)13-26-14-24-22-21(23(26)27)18-11-10-17(12-20(18)29-22)25-16-7-3-4-8-16/h2,5-6,9,14,16-17,25H,3-4,7-8,10-13H2,1H3. The number of fused-ring (bicyclic) bond motifs is 3. The van der Waals surface area contributed by atoms with E-state index in [1.54, 1.807) is 29.3 Å². The normalized spacial score (nSPS) is 19.6. The lowest BCUT2D eigenvalue weighted by molar-refractivity contribution is 0.399. The second kappa shape index (κ2) is 7.92. The van der Waals surface area contributed by atoms with E-state index in [2.05, 4.69) is 10.3 Å². The van der Waals surface area contributed by atoms with Crippen LogP contribution in [0.15, 0.2) is 35.4 Å². The Morgan fingerprint density at radius 2 is 2.03 bits per heavy atom. The van der Waals surface area contributed by atoms with Gasteiger partial charge in [0.1, 0.15) is 10.6 Å². The Morgan fingerprint density at radius 1 is 1.21 bits per heavy atom. The fourth-order valence-electron chi connectivity index (χ4n) is 4.90. The molecule has 152 valence electrons. The van der Waals surface area contributed by atoms with Crippen molar-refractivity contribution >= 4 is 21.6 Å². The molecule has 6 heteroatoms. The van der Waals surface area contributed by atoms with Crippen LogP contribution in [0.25, 0.3) is 10.2 Å². The first-order chi connectivity index (χ1) is 14.2. The van der Waals surface area contributed by atoms with E-state index in [9.17, 15) is 4.79 Å². The number of aryl methyl sites for hydroxylation is 1. The average Bonchev–Trinajstić information content (AvgIpc) is 3.38. The van der Waals surface area contributed by atoms with Crippen molar-refractivity contribution in [1.82, 2.24) is 14.9 Å². The van der Waals surface area contributed by atoms with Crippen LogP contribution in [0.2, 0.25) is 0 Å². The number of hydrogen-bond acceptors (Lipinski definition) is 5. The maximum atomic E-state index is 13.3. The summed E-state index contributed by atoms with van der Waals surface area (Å²) in [6.07, 6.45) is 10.1. The summed E-state index contributed by atoms with van der Waals surface area (Å²) in [6, 6.07) is 9.06.